The molecule has 0 aliphatic heterocycles. The quantitative estimate of drug-likeness (QED) is 0.791. The maximum absolute atomic E-state index is 5.95. The summed E-state index contributed by atoms with van der Waals surface area (Å²) in [5.41, 5.74) is 7.19. The summed E-state index contributed by atoms with van der Waals surface area (Å²) in [6.45, 7) is 5.98. The molecule has 2 aromatic rings. The third kappa shape index (κ3) is 3.83. The SMILES string of the molecule is CC(C)(N)CCNCc1ccc2ccccc2c1. The summed E-state index contributed by atoms with van der Waals surface area (Å²) >= 11 is 0. The molecule has 0 fully saturated rings. The summed E-state index contributed by atoms with van der Waals surface area (Å²) in [6.07, 6.45) is 0.987. The van der Waals surface area contributed by atoms with E-state index in [9.17, 15) is 0 Å². The topological polar surface area (TPSA) is 38.0 Å². The van der Waals surface area contributed by atoms with Crippen LogP contribution >= 0.6 is 0 Å². The van der Waals surface area contributed by atoms with E-state index in [1.807, 2.05) is 0 Å². The summed E-state index contributed by atoms with van der Waals surface area (Å²) in [7, 11) is 0. The Kier molecular flexibility index (Phi) is 4.00. The van der Waals surface area contributed by atoms with Gasteiger partial charge in [-0.25, -0.2) is 0 Å². The van der Waals surface area contributed by atoms with Crippen molar-refractivity contribution in [3.8, 4) is 0 Å². The first kappa shape index (κ1) is 13.1. The molecule has 0 heterocycles. The average Bonchev–Trinajstić information content (AvgIpc) is 2.33. The second kappa shape index (κ2) is 5.51. The fraction of sp³-hybridized carbons (Fsp3) is 0.375. The summed E-state index contributed by atoms with van der Waals surface area (Å²) in [6, 6.07) is 15.1. The first-order valence-electron chi connectivity index (χ1n) is 6.52. The van der Waals surface area contributed by atoms with Gasteiger partial charge in [-0.2, -0.15) is 0 Å². The van der Waals surface area contributed by atoms with Gasteiger partial charge in [0.05, 0.1) is 0 Å². The van der Waals surface area contributed by atoms with Crippen molar-refractivity contribution < 1.29 is 0 Å². The number of fused-ring (bicyclic) bond motifs is 1. The molecule has 0 unspecified atom stereocenters. The Morgan fingerprint density at radius 1 is 1.06 bits per heavy atom. The minimum Gasteiger partial charge on any atom is -0.326 e. The molecule has 0 saturated carbocycles. The van der Waals surface area contributed by atoms with E-state index in [1.54, 1.807) is 0 Å². The largest absolute Gasteiger partial charge is 0.326 e. The maximum Gasteiger partial charge on any atom is 0.0205 e. The molecule has 18 heavy (non-hydrogen) atoms. The fourth-order valence-corrected chi connectivity index (χ4v) is 1.99. The molecular weight excluding hydrogens is 220 g/mol. The van der Waals surface area contributed by atoms with Gasteiger partial charge < -0.3 is 11.1 Å². The minimum absolute atomic E-state index is 0.0869. The van der Waals surface area contributed by atoms with Gasteiger partial charge in [0.1, 0.15) is 0 Å². The monoisotopic (exact) mass is 242 g/mol. The summed E-state index contributed by atoms with van der Waals surface area (Å²) in [5.74, 6) is 0. The van der Waals surface area contributed by atoms with Crippen LogP contribution in [0.4, 0.5) is 0 Å². The van der Waals surface area contributed by atoms with Crippen molar-refractivity contribution in [2.24, 2.45) is 5.73 Å². The first-order valence-corrected chi connectivity index (χ1v) is 6.52. The molecule has 0 aliphatic rings. The minimum atomic E-state index is -0.0869. The van der Waals surface area contributed by atoms with Gasteiger partial charge in [0, 0.05) is 12.1 Å². The van der Waals surface area contributed by atoms with Crippen molar-refractivity contribution in [3.05, 3.63) is 48.0 Å². The van der Waals surface area contributed by atoms with Crippen LogP contribution in [0.3, 0.4) is 0 Å². The van der Waals surface area contributed by atoms with E-state index < -0.39 is 0 Å². The highest BCUT2D eigenvalue weighted by atomic mass is 14.9. The third-order valence-electron chi connectivity index (χ3n) is 3.09. The standard InChI is InChI=1S/C16H22N2/c1-16(2,17)9-10-18-12-13-7-8-14-5-3-4-6-15(14)11-13/h3-8,11,18H,9-10,12,17H2,1-2H3. The molecule has 2 rings (SSSR count). The molecule has 0 aromatic heterocycles. The predicted octanol–water partition coefficient (Wildman–Crippen LogP) is 3.06. The molecule has 0 aliphatic carbocycles. The van der Waals surface area contributed by atoms with Crippen molar-refractivity contribution >= 4 is 10.8 Å². The molecule has 0 atom stereocenters. The zero-order chi connectivity index (χ0) is 13.0. The molecule has 0 amide bonds. The third-order valence-corrected chi connectivity index (χ3v) is 3.09. The fourth-order valence-electron chi connectivity index (χ4n) is 1.99. The number of nitrogens with one attached hydrogen (secondary N) is 1. The number of hydrogen-bond donors (Lipinski definition) is 2. The molecule has 2 heteroatoms. The molecule has 2 nitrogen and oxygen atoms in total. The van der Waals surface area contributed by atoms with Gasteiger partial charge in [0.15, 0.2) is 0 Å². The average molecular weight is 242 g/mol. The molecule has 2 aromatic carbocycles. The van der Waals surface area contributed by atoms with E-state index in [0.29, 0.717) is 0 Å². The summed E-state index contributed by atoms with van der Waals surface area (Å²) in [5, 5.41) is 6.04. The highest BCUT2D eigenvalue weighted by Crippen LogP contribution is 2.15. The molecule has 0 saturated heterocycles. The molecule has 0 radical (unpaired) electrons. The van der Waals surface area contributed by atoms with Gasteiger partial charge in [0.2, 0.25) is 0 Å². The lowest BCUT2D eigenvalue weighted by molar-refractivity contribution is 0.455. The zero-order valence-electron chi connectivity index (χ0n) is 11.2. The van der Waals surface area contributed by atoms with Crippen LogP contribution in [0.25, 0.3) is 10.8 Å². The highest BCUT2D eigenvalue weighted by Gasteiger charge is 2.08. The van der Waals surface area contributed by atoms with Crippen LogP contribution in [-0.4, -0.2) is 12.1 Å². The number of nitrogens with two attached hydrogens (primary N) is 1. The molecule has 0 bridgehead atoms. The van der Waals surface area contributed by atoms with E-state index >= 15 is 0 Å². The number of benzene rings is 2. The van der Waals surface area contributed by atoms with E-state index in [2.05, 4.69) is 61.6 Å². The number of rotatable bonds is 5. The van der Waals surface area contributed by atoms with E-state index in [4.69, 9.17) is 5.73 Å². The van der Waals surface area contributed by atoms with Crippen molar-refractivity contribution in [3.63, 3.8) is 0 Å². The van der Waals surface area contributed by atoms with Gasteiger partial charge in [-0.05, 0) is 49.2 Å². The Morgan fingerprint density at radius 3 is 2.50 bits per heavy atom. The first-order chi connectivity index (χ1) is 8.54. The van der Waals surface area contributed by atoms with E-state index in [1.165, 1.54) is 16.3 Å². The van der Waals surface area contributed by atoms with E-state index in [-0.39, 0.29) is 5.54 Å². The number of hydrogen-bond acceptors (Lipinski definition) is 2. The van der Waals surface area contributed by atoms with Crippen LogP contribution in [0.15, 0.2) is 42.5 Å². The van der Waals surface area contributed by atoms with Crippen LogP contribution in [-0.2, 0) is 6.54 Å². The second-order valence-electron chi connectivity index (χ2n) is 5.60. The van der Waals surface area contributed by atoms with Crippen LogP contribution < -0.4 is 11.1 Å². The van der Waals surface area contributed by atoms with E-state index in [0.717, 1.165) is 19.5 Å². The van der Waals surface area contributed by atoms with Crippen molar-refractivity contribution in [2.75, 3.05) is 6.54 Å². The molecule has 96 valence electrons. The summed E-state index contributed by atoms with van der Waals surface area (Å²) in [4.78, 5) is 0. The van der Waals surface area contributed by atoms with Crippen molar-refractivity contribution in [1.82, 2.24) is 5.32 Å². The Hall–Kier alpha value is -1.38. The second-order valence-corrected chi connectivity index (χ2v) is 5.60. The lowest BCUT2D eigenvalue weighted by Crippen LogP contribution is -2.35. The van der Waals surface area contributed by atoms with Crippen LogP contribution in [0.5, 0.6) is 0 Å². The Morgan fingerprint density at radius 2 is 1.78 bits per heavy atom. The van der Waals surface area contributed by atoms with Gasteiger partial charge >= 0.3 is 0 Å². The smallest absolute Gasteiger partial charge is 0.0205 e. The van der Waals surface area contributed by atoms with Crippen LogP contribution in [0.2, 0.25) is 0 Å². The van der Waals surface area contributed by atoms with Gasteiger partial charge in [-0.1, -0.05) is 36.4 Å². The Bertz CT molecular complexity index is 512. The highest BCUT2D eigenvalue weighted by molar-refractivity contribution is 5.82. The lowest BCUT2D eigenvalue weighted by atomic mass is 10.0. The Balaban J connectivity index is 1.92. The lowest BCUT2D eigenvalue weighted by Gasteiger charge is -2.18. The van der Waals surface area contributed by atoms with Crippen LogP contribution in [0, 0.1) is 0 Å². The molecular formula is C16H22N2. The zero-order valence-corrected chi connectivity index (χ0v) is 11.2. The predicted molar refractivity (Wildman–Crippen MR) is 78.5 cm³/mol. The maximum atomic E-state index is 5.95. The molecule has 3 N–H and O–H groups in total. The van der Waals surface area contributed by atoms with Gasteiger partial charge in [-0.3, -0.25) is 0 Å². The summed E-state index contributed by atoms with van der Waals surface area (Å²) < 4.78 is 0. The van der Waals surface area contributed by atoms with Crippen molar-refractivity contribution in [1.29, 1.82) is 0 Å². The molecule has 0 spiro atoms. The normalized spacial score (nSPS) is 11.9. The van der Waals surface area contributed by atoms with Crippen molar-refractivity contribution in [2.45, 2.75) is 32.4 Å². The van der Waals surface area contributed by atoms with Gasteiger partial charge in [-0.15, -0.1) is 0 Å². The van der Waals surface area contributed by atoms with Crippen LogP contribution in [0.1, 0.15) is 25.8 Å². The van der Waals surface area contributed by atoms with Gasteiger partial charge in [0.25, 0.3) is 0 Å². The Labute approximate surface area is 109 Å².